The molecule has 0 bridgehead atoms. The molecule has 0 saturated carbocycles. The average Bonchev–Trinajstić information content (AvgIpc) is 2.86. The van der Waals surface area contributed by atoms with Gasteiger partial charge in [-0.2, -0.15) is 0 Å². The highest BCUT2D eigenvalue weighted by atomic mass is 32.2. The maximum Gasteiger partial charge on any atom is 0.240 e. The molecule has 0 aliphatic carbocycles. The monoisotopic (exact) mass is 382 g/mol. The highest BCUT2D eigenvalue weighted by Crippen LogP contribution is 2.23. The third-order valence-electron chi connectivity index (χ3n) is 4.04. The SMILES string of the molecule is C#CCNC(=O)C[C@@H]1O[C@H](CNS(=O)(=O)c2ccc(C)cc2)[C@@H](O)[C@H]1O. The van der Waals surface area contributed by atoms with Crippen molar-refractivity contribution in [1.29, 1.82) is 0 Å². The number of aliphatic hydroxyl groups excluding tert-OH is 2. The lowest BCUT2D eigenvalue weighted by atomic mass is 10.1. The summed E-state index contributed by atoms with van der Waals surface area (Å²) in [5.74, 6) is 1.82. The van der Waals surface area contributed by atoms with Crippen molar-refractivity contribution in [2.45, 2.75) is 42.7 Å². The molecule has 1 aromatic rings. The Morgan fingerprint density at radius 3 is 2.46 bits per heavy atom. The molecule has 1 aliphatic heterocycles. The Morgan fingerprint density at radius 1 is 1.23 bits per heavy atom. The predicted molar refractivity (Wildman–Crippen MR) is 93.5 cm³/mol. The molecule has 1 heterocycles. The van der Waals surface area contributed by atoms with Crippen LogP contribution in [0.3, 0.4) is 0 Å². The molecule has 1 aliphatic rings. The predicted octanol–water partition coefficient (Wildman–Crippen LogP) is -1.10. The summed E-state index contributed by atoms with van der Waals surface area (Å²) in [5, 5.41) is 22.5. The molecule has 9 heteroatoms. The zero-order valence-corrected chi connectivity index (χ0v) is 15.1. The molecule has 1 amide bonds. The van der Waals surface area contributed by atoms with Gasteiger partial charge in [0.25, 0.3) is 0 Å². The summed E-state index contributed by atoms with van der Waals surface area (Å²) in [6, 6.07) is 6.28. The van der Waals surface area contributed by atoms with Crippen molar-refractivity contribution < 1.29 is 28.2 Å². The Hall–Kier alpha value is -1.96. The third-order valence-corrected chi connectivity index (χ3v) is 5.48. The number of terminal acetylenes is 1. The first kappa shape index (κ1) is 20.4. The van der Waals surface area contributed by atoms with Gasteiger partial charge in [0.2, 0.25) is 15.9 Å². The van der Waals surface area contributed by atoms with Crippen LogP contribution in [-0.4, -0.2) is 62.0 Å². The molecule has 1 aromatic carbocycles. The Balaban J connectivity index is 1.94. The van der Waals surface area contributed by atoms with Crippen LogP contribution < -0.4 is 10.0 Å². The third kappa shape index (κ3) is 5.03. The van der Waals surface area contributed by atoms with E-state index in [1.165, 1.54) is 12.1 Å². The summed E-state index contributed by atoms with van der Waals surface area (Å²) in [7, 11) is -3.78. The molecular formula is C17H22N2O6S. The van der Waals surface area contributed by atoms with Crippen molar-refractivity contribution in [2.75, 3.05) is 13.1 Å². The number of sulfonamides is 1. The van der Waals surface area contributed by atoms with E-state index in [0.717, 1.165) is 5.56 Å². The number of rotatable bonds is 7. The van der Waals surface area contributed by atoms with Gasteiger partial charge < -0.3 is 20.3 Å². The van der Waals surface area contributed by atoms with Crippen LogP contribution in [-0.2, 0) is 19.6 Å². The zero-order chi connectivity index (χ0) is 19.3. The van der Waals surface area contributed by atoms with Crippen LogP contribution in [0.5, 0.6) is 0 Å². The van der Waals surface area contributed by atoms with Gasteiger partial charge in [0, 0.05) is 6.54 Å². The van der Waals surface area contributed by atoms with E-state index in [1.807, 2.05) is 6.92 Å². The normalized spacial score (nSPS) is 25.6. The number of carbonyl (C=O) groups is 1. The number of carbonyl (C=O) groups excluding carboxylic acids is 1. The molecular weight excluding hydrogens is 360 g/mol. The first-order chi connectivity index (χ1) is 12.2. The quantitative estimate of drug-likeness (QED) is 0.444. The smallest absolute Gasteiger partial charge is 0.240 e. The molecule has 0 unspecified atom stereocenters. The summed E-state index contributed by atoms with van der Waals surface area (Å²) in [6.45, 7) is 1.65. The fourth-order valence-corrected chi connectivity index (χ4v) is 3.60. The van der Waals surface area contributed by atoms with Gasteiger partial charge in [0.1, 0.15) is 18.3 Å². The van der Waals surface area contributed by atoms with Crippen molar-refractivity contribution in [3.63, 3.8) is 0 Å². The Kier molecular flexibility index (Phi) is 6.75. The van der Waals surface area contributed by atoms with Gasteiger partial charge in [-0.25, -0.2) is 13.1 Å². The van der Waals surface area contributed by atoms with Crippen LogP contribution in [0.2, 0.25) is 0 Å². The minimum Gasteiger partial charge on any atom is -0.388 e. The van der Waals surface area contributed by atoms with Crippen LogP contribution in [0.15, 0.2) is 29.2 Å². The molecule has 8 nitrogen and oxygen atoms in total. The molecule has 1 saturated heterocycles. The minimum atomic E-state index is -3.78. The first-order valence-corrected chi connectivity index (χ1v) is 9.51. The van der Waals surface area contributed by atoms with E-state index >= 15 is 0 Å². The van der Waals surface area contributed by atoms with Crippen LogP contribution in [0.4, 0.5) is 0 Å². The maximum absolute atomic E-state index is 12.3. The number of aryl methyl sites for hydroxylation is 1. The number of benzene rings is 1. The summed E-state index contributed by atoms with van der Waals surface area (Å²) >= 11 is 0. The van der Waals surface area contributed by atoms with Crippen molar-refractivity contribution in [3.8, 4) is 12.3 Å². The van der Waals surface area contributed by atoms with E-state index in [0.29, 0.717) is 0 Å². The number of ether oxygens (including phenoxy) is 1. The molecule has 26 heavy (non-hydrogen) atoms. The van der Waals surface area contributed by atoms with Crippen LogP contribution in [0.1, 0.15) is 12.0 Å². The van der Waals surface area contributed by atoms with Crippen LogP contribution >= 0.6 is 0 Å². The summed E-state index contributed by atoms with van der Waals surface area (Å²) in [4.78, 5) is 11.7. The summed E-state index contributed by atoms with van der Waals surface area (Å²) in [6.07, 6.45) is 0.302. The van der Waals surface area contributed by atoms with Gasteiger partial charge in [0.15, 0.2) is 0 Å². The fourth-order valence-electron chi connectivity index (χ4n) is 2.56. The summed E-state index contributed by atoms with van der Waals surface area (Å²) < 4.78 is 32.3. The minimum absolute atomic E-state index is 0.0456. The lowest BCUT2D eigenvalue weighted by Gasteiger charge is -2.15. The highest BCUT2D eigenvalue weighted by Gasteiger charge is 2.43. The molecule has 4 atom stereocenters. The van der Waals surface area contributed by atoms with Crippen LogP contribution in [0, 0.1) is 19.3 Å². The number of hydrogen-bond donors (Lipinski definition) is 4. The number of aliphatic hydroxyl groups is 2. The molecule has 0 spiro atoms. The Morgan fingerprint density at radius 2 is 1.85 bits per heavy atom. The van der Waals surface area contributed by atoms with E-state index in [4.69, 9.17) is 11.2 Å². The van der Waals surface area contributed by atoms with Crippen LogP contribution in [0.25, 0.3) is 0 Å². The Labute approximate surface area is 152 Å². The average molecular weight is 382 g/mol. The standard InChI is InChI=1S/C17H22N2O6S/c1-3-8-18-15(20)9-13-16(21)17(22)14(25-13)10-19-26(23,24)12-6-4-11(2)5-7-12/h1,4-7,13-14,16-17,19,21-22H,8-10H2,2H3,(H,18,20)/t13-,14+,16-,17+/m0/s1. The van der Waals surface area contributed by atoms with Gasteiger partial charge in [-0.15, -0.1) is 6.42 Å². The van der Waals surface area contributed by atoms with Gasteiger partial charge in [-0.1, -0.05) is 23.6 Å². The van der Waals surface area contributed by atoms with E-state index in [1.54, 1.807) is 12.1 Å². The summed E-state index contributed by atoms with van der Waals surface area (Å²) in [5.41, 5.74) is 0.924. The second-order valence-corrected chi connectivity index (χ2v) is 7.81. The first-order valence-electron chi connectivity index (χ1n) is 8.02. The zero-order valence-electron chi connectivity index (χ0n) is 14.3. The molecule has 0 aromatic heterocycles. The van der Waals surface area contributed by atoms with Gasteiger partial charge in [0.05, 0.1) is 24.0 Å². The van der Waals surface area contributed by atoms with E-state index < -0.39 is 40.3 Å². The molecule has 1 fully saturated rings. The fraction of sp³-hybridized carbons (Fsp3) is 0.471. The molecule has 142 valence electrons. The van der Waals surface area contributed by atoms with Crippen molar-refractivity contribution in [2.24, 2.45) is 0 Å². The van der Waals surface area contributed by atoms with E-state index in [2.05, 4.69) is 16.0 Å². The van der Waals surface area contributed by atoms with Crippen molar-refractivity contribution in [3.05, 3.63) is 29.8 Å². The van der Waals surface area contributed by atoms with Gasteiger partial charge in [-0.05, 0) is 19.1 Å². The second-order valence-electron chi connectivity index (χ2n) is 6.04. The van der Waals surface area contributed by atoms with E-state index in [-0.39, 0.29) is 24.4 Å². The van der Waals surface area contributed by atoms with Crippen molar-refractivity contribution >= 4 is 15.9 Å². The van der Waals surface area contributed by atoms with Gasteiger partial charge in [-0.3, -0.25) is 4.79 Å². The van der Waals surface area contributed by atoms with Gasteiger partial charge >= 0.3 is 0 Å². The van der Waals surface area contributed by atoms with Crippen molar-refractivity contribution in [1.82, 2.24) is 10.0 Å². The molecule has 2 rings (SSSR count). The number of nitrogens with one attached hydrogen (secondary N) is 2. The number of amides is 1. The highest BCUT2D eigenvalue weighted by molar-refractivity contribution is 7.89. The largest absolute Gasteiger partial charge is 0.388 e. The second kappa shape index (κ2) is 8.62. The lowest BCUT2D eigenvalue weighted by Crippen LogP contribution is -2.40. The molecule has 4 N–H and O–H groups in total. The molecule has 0 radical (unpaired) electrons. The number of hydrogen-bond acceptors (Lipinski definition) is 6. The Bertz CT molecular complexity index is 771. The van der Waals surface area contributed by atoms with E-state index in [9.17, 15) is 23.4 Å². The lowest BCUT2D eigenvalue weighted by molar-refractivity contribution is -0.124. The topological polar surface area (TPSA) is 125 Å². The maximum atomic E-state index is 12.3.